The van der Waals surface area contributed by atoms with Crippen LogP contribution in [0.15, 0.2) is 41.7 Å². The number of sulfonamides is 1. The van der Waals surface area contributed by atoms with Gasteiger partial charge in [0.15, 0.2) is 0 Å². The third-order valence-electron chi connectivity index (χ3n) is 6.83. The number of alkyl halides is 3. The second-order valence-electron chi connectivity index (χ2n) is 9.13. The van der Waals surface area contributed by atoms with Crippen LogP contribution in [0, 0.1) is 5.41 Å². The number of imidazole rings is 1. The molecule has 2 heterocycles. The van der Waals surface area contributed by atoms with E-state index in [1.165, 1.54) is 22.9 Å². The van der Waals surface area contributed by atoms with Gasteiger partial charge in [-0.25, -0.2) is 32.9 Å². The molecule has 2 fully saturated rings. The van der Waals surface area contributed by atoms with E-state index in [4.69, 9.17) is 10.5 Å². The summed E-state index contributed by atoms with van der Waals surface area (Å²) >= 11 is 0. The van der Waals surface area contributed by atoms with E-state index >= 15 is 0 Å². The summed E-state index contributed by atoms with van der Waals surface area (Å²) < 4.78 is 73.0. The highest BCUT2D eigenvalue weighted by Gasteiger charge is 2.58. The standard InChI is InChI=1S/C21H21F3N6O4S/c22-21(23,24)16(31)34-20-6-4-19(10-20,5-7-20)11-28-35(32,33)14-3-1-2-13(8-14)15-9-30-17(25)26-12-27-18(30)29-15/h1-3,8-9,12,28H,4-7,10-11H2,(H2,25,26,27,29). The van der Waals surface area contributed by atoms with E-state index in [2.05, 4.69) is 19.7 Å². The smallest absolute Gasteiger partial charge is 0.452 e. The van der Waals surface area contributed by atoms with Crippen molar-refractivity contribution < 1.29 is 31.1 Å². The van der Waals surface area contributed by atoms with E-state index in [1.54, 1.807) is 18.3 Å². The lowest BCUT2D eigenvalue weighted by molar-refractivity contribution is -0.213. The van der Waals surface area contributed by atoms with Crippen molar-refractivity contribution in [3.63, 3.8) is 0 Å². The average molecular weight is 510 g/mol. The number of nitrogens with two attached hydrogens (primary N) is 1. The van der Waals surface area contributed by atoms with Gasteiger partial charge in [-0.15, -0.1) is 0 Å². The van der Waals surface area contributed by atoms with Crippen molar-refractivity contribution in [3.8, 4) is 11.3 Å². The van der Waals surface area contributed by atoms with Gasteiger partial charge < -0.3 is 10.5 Å². The summed E-state index contributed by atoms with van der Waals surface area (Å²) in [7, 11) is -3.94. The number of hydrogen-bond donors (Lipinski definition) is 2. The van der Waals surface area contributed by atoms with Crippen molar-refractivity contribution in [2.24, 2.45) is 5.41 Å². The lowest BCUT2D eigenvalue weighted by atomic mass is 9.84. The molecule has 0 unspecified atom stereocenters. The van der Waals surface area contributed by atoms with Crippen LogP contribution < -0.4 is 10.5 Å². The molecule has 2 bridgehead atoms. The topological polar surface area (TPSA) is 142 Å². The van der Waals surface area contributed by atoms with Crippen molar-refractivity contribution in [1.82, 2.24) is 24.1 Å². The van der Waals surface area contributed by atoms with Crippen molar-refractivity contribution in [3.05, 3.63) is 36.8 Å². The molecule has 186 valence electrons. The molecule has 2 aromatic heterocycles. The summed E-state index contributed by atoms with van der Waals surface area (Å²) in [4.78, 5) is 23.6. The Labute approximate surface area is 197 Å². The molecule has 2 aliphatic carbocycles. The molecule has 1 aromatic carbocycles. The maximum atomic E-state index is 13.0. The Bertz CT molecular complexity index is 1410. The predicted molar refractivity (Wildman–Crippen MR) is 116 cm³/mol. The van der Waals surface area contributed by atoms with Crippen LogP contribution in [0.2, 0.25) is 0 Å². The van der Waals surface area contributed by atoms with Crippen LogP contribution in [0.25, 0.3) is 17.0 Å². The zero-order valence-electron chi connectivity index (χ0n) is 18.2. The largest absolute Gasteiger partial charge is 0.490 e. The predicted octanol–water partition coefficient (Wildman–Crippen LogP) is 2.46. The minimum Gasteiger partial charge on any atom is -0.452 e. The summed E-state index contributed by atoms with van der Waals surface area (Å²) in [5, 5.41) is 0. The molecule has 3 N–H and O–H groups in total. The highest BCUT2D eigenvalue weighted by Crippen LogP contribution is 2.58. The maximum Gasteiger partial charge on any atom is 0.490 e. The molecule has 5 rings (SSSR count). The van der Waals surface area contributed by atoms with E-state index < -0.39 is 33.2 Å². The Morgan fingerprint density at radius 3 is 2.63 bits per heavy atom. The zero-order chi connectivity index (χ0) is 25.1. The number of nitrogens with one attached hydrogen (secondary N) is 1. The number of fused-ring (bicyclic) bond motifs is 3. The number of hydrogen-bond acceptors (Lipinski definition) is 8. The zero-order valence-corrected chi connectivity index (χ0v) is 19.1. The molecule has 10 nitrogen and oxygen atoms in total. The molecule has 35 heavy (non-hydrogen) atoms. The molecular formula is C21H21F3N6O4S. The first-order valence-electron chi connectivity index (χ1n) is 10.8. The molecule has 2 saturated carbocycles. The van der Waals surface area contributed by atoms with Crippen molar-refractivity contribution in [1.29, 1.82) is 0 Å². The number of ether oxygens (including phenoxy) is 1. The molecule has 0 aliphatic heterocycles. The fraction of sp³-hybridized carbons (Fsp3) is 0.429. The highest BCUT2D eigenvalue weighted by molar-refractivity contribution is 7.89. The van der Waals surface area contributed by atoms with E-state index in [1.807, 2.05) is 0 Å². The summed E-state index contributed by atoms with van der Waals surface area (Å²) in [6, 6.07) is 6.17. The molecule has 3 aromatic rings. The number of benzene rings is 1. The van der Waals surface area contributed by atoms with Crippen LogP contribution in [0.3, 0.4) is 0 Å². The van der Waals surface area contributed by atoms with Crippen molar-refractivity contribution >= 4 is 27.7 Å². The quantitative estimate of drug-likeness (QED) is 0.482. The second kappa shape index (κ2) is 7.88. The third kappa shape index (κ3) is 4.31. The first-order valence-corrected chi connectivity index (χ1v) is 12.2. The first kappa shape index (κ1) is 23.5. The molecule has 2 aliphatic rings. The molecule has 14 heteroatoms. The number of aromatic nitrogens is 4. The van der Waals surface area contributed by atoms with Gasteiger partial charge in [0.2, 0.25) is 21.7 Å². The van der Waals surface area contributed by atoms with E-state index in [-0.39, 0.29) is 36.7 Å². The Kier molecular flexibility index (Phi) is 5.29. The number of rotatable bonds is 6. The fourth-order valence-corrected chi connectivity index (χ4v) is 6.23. The normalized spacial score (nSPS) is 24.2. The monoisotopic (exact) mass is 510 g/mol. The van der Waals surface area contributed by atoms with Gasteiger partial charge in [-0.1, -0.05) is 12.1 Å². The summed E-state index contributed by atoms with van der Waals surface area (Å²) in [5.41, 5.74) is 5.04. The van der Waals surface area contributed by atoms with E-state index in [0.29, 0.717) is 29.9 Å². The van der Waals surface area contributed by atoms with Gasteiger partial charge in [0, 0.05) is 18.3 Å². The second-order valence-corrected chi connectivity index (χ2v) is 10.9. The number of esters is 1. The van der Waals surface area contributed by atoms with Gasteiger partial charge in [0.25, 0.3) is 0 Å². The molecular weight excluding hydrogens is 489 g/mol. The van der Waals surface area contributed by atoms with Gasteiger partial charge in [-0.3, -0.25) is 4.40 Å². The highest BCUT2D eigenvalue weighted by atomic mass is 32.2. The molecule has 0 saturated heterocycles. The van der Waals surface area contributed by atoms with Crippen LogP contribution in [0.4, 0.5) is 19.1 Å². The van der Waals surface area contributed by atoms with Gasteiger partial charge in [-0.05, 0) is 49.7 Å². The minimum atomic E-state index is -5.06. The first-order chi connectivity index (χ1) is 16.4. The minimum absolute atomic E-state index is 0.00766. The molecule has 0 amide bonds. The number of anilines is 1. The summed E-state index contributed by atoms with van der Waals surface area (Å²) in [6.45, 7) is 0.0331. The van der Waals surface area contributed by atoms with Crippen LogP contribution in [-0.4, -0.2) is 52.1 Å². The van der Waals surface area contributed by atoms with Crippen LogP contribution in [0.5, 0.6) is 0 Å². The third-order valence-corrected chi connectivity index (χ3v) is 8.23. The van der Waals surface area contributed by atoms with Crippen LogP contribution in [-0.2, 0) is 19.6 Å². The lowest BCUT2D eigenvalue weighted by Gasteiger charge is -2.28. The number of nitrogen functional groups attached to an aromatic ring is 1. The van der Waals surface area contributed by atoms with Crippen LogP contribution in [0.1, 0.15) is 32.1 Å². The van der Waals surface area contributed by atoms with Gasteiger partial charge in [-0.2, -0.15) is 13.2 Å². The van der Waals surface area contributed by atoms with Gasteiger partial charge in [0.05, 0.1) is 10.6 Å². The van der Waals surface area contributed by atoms with Crippen molar-refractivity contribution in [2.75, 3.05) is 12.3 Å². The Morgan fingerprint density at radius 2 is 1.94 bits per heavy atom. The summed E-state index contributed by atoms with van der Waals surface area (Å²) in [6.07, 6.45) is -0.534. The average Bonchev–Trinajstić information content (AvgIpc) is 3.50. The van der Waals surface area contributed by atoms with Crippen molar-refractivity contribution in [2.45, 2.75) is 48.8 Å². The summed E-state index contributed by atoms with van der Waals surface area (Å²) in [5.74, 6) is -1.70. The Morgan fingerprint density at radius 1 is 1.20 bits per heavy atom. The number of halogens is 3. The Balaban J connectivity index is 1.31. The number of carbonyl (C=O) groups excluding carboxylic acids is 1. The SMILES string of the molecule is Nc1ncnc2nc(-c3cccc(S(=O)(=O)NCC45CCC(OC(=O)C(F)(F)F)(CC4)C5)c3)cn12. The lowest BCUT2D eigenvalue weighted by Crippen LogP contribution is -2.36. The maximum absolute atomic E-state index is 13.0. The van der Waals surface area contributed by atoms with E-state index in [9.17, 15) is 26.4 Å². The molecule has 0 atom stereocenters. The molecule has 0 spiro atoms. The number of nitrogens with zero attached hydrogens (tertiary/aromatic N) is 4. The van der Waals surface area contributed by atoms with Crippen LogP contribution >= 0.6 is 0 Å². The van der Waals surface area contributed by atoms with E-state index in [0.717, 1.165) is 0 Å². The molecule has 0 radical (unpaired) electrons. The van der Waals surface area contributed by atoms with Gasteiger partial charge in [0.1, 0.15) is 11.9 Å². The van der Waals surface area contributed by atoms with Gasteiger partial charge >= 0.3 is 12.1 Å². The number of carbonyl (C=O) groups is 1. The Hall–Kier alpha value is -3.26. The fourth-order valence-electron chi connectivity index (χ4n) is 5.03.